The van der Waals surface area contributed by atoms with E-state index in [1.165, 1.54) is 0 Å². The molecule has 1 atom stereocenters. The molecule has 0 aromatic heterocycles. The molecule has 1 rings (SSSR count). The van der Waals surface area contributed by atoms with Crippen molar-refractivity contribution in [3.8, 4) is 5.75 Å². The van der Waals surface area contributed by atoms with Crippen LogP contribution >= 0.6 is 11.6 Å². The van der Waals surface area contributed by atoms with Crippen LogP contribution in [0.5, 0.6) is 5.75 Å². The quantitative estimate of drug-likeness (QED) is 0.779. The molecule has 4 heteroatoms. The van der Waals surface area contributed by atoms with Crippen molar-refractivity contribution in [1.29, 1.82) is 0 Å². The molecule has 1 N–H and O–H groups in total. The molecule has 0 aliphatic heterocycles. The Balaban J connectivity index is 2.55. The average Bonchev–Trinajstić information content (AvgIpc) is 2.27. The minimum atomic E-state index is -0.823. The molecule has 0 aliphatic rings. The van der Waals surface area contributed by atoms with Crippen molar-refractivity contribution in [3.05, 3.63) is 29.8 Å². The number of rotatable bonds is 6. The number of halogens is 1. The summed E-state index contributed by atoms with van der Waals surface area (Å²) >= 11 is 6.08. The predicted octanol–water partition coefficient (Wildman–Crippen LogP) is 3.23. The lowest BCUT2D eigenvalue weighted by Gasteiger charge is -2.09. The van der Waals surface area contributed by atoms with E-state index in [9.17, 15) is 4.79 Å². The average molecular weight is 243 g/mol. The minimum Gasteiger partial charge on any atom is -0.494 e. The highest BCUT2D eigenvalue weighted by Gasteiger charge is 2.09. The zero-order valence-electron chi connectivity index (χ0n) is 9.15. The Bertz CT molecular complexity index is 335. The molecule has 1 aromatic carbocycles. The molecule has 0 amide bonds. The van der Waals surface area contributed by atoms with E-state index in [4.69, 9.17) is 21.4 Å². The number of ether oxygens (including phenoxy) is 1. The van der Waals surface area contributed by atoms with Gasteiger partial charge < -0.3 is 9.84 Å². The summed E-state index contributed by atoms with van der Waals surface area (Å²) < 4.78 is 5.30. The van der Waals surface area contributed by atoms with Crippen LogP contribution in [-0.2, 0) is 4.79 Å². The first-order valence-electron chi connectivity index (χ1n) is 5.22. The van der Waals surface area contributed by atoms with Crippen molar-refractivity contribution in [2.75, 3.05) is 6.61 Å². The third kappa shape index (κ3) is 4.11. The largest absolute Gasteiger partial charge is 0.494 e. The van der Waals surface area contributed by atoms with Gasteiger partial charge in [0.15, 0.2) is 0 Å². The van der Waals surface area contributed by atoms with Gasteiger partial charge in [-0.3, -0.25) is 4.79 Å². The van der Waals surface area contributed by atoms with E-state index in [2.05, 4.69) is 0 Å². The van der Waals surface area contributed by atoms with Crippen LogP contribution < -0.4 is 4.74 Å². The van der Waals surface area contributed by atoms with Crippen LogP contribution in [0.2, 0.25) is 0 Å². The fourth-order valence-electron chi connectivity index (χ4n) is 1.36. The Morgan fingerprint density at radius 3 is 2.56 bits per heavy atom. The van der Waals surface area contributed by atoms with Gasteiger partial charge in [-0.25, -0.2) is 0 Å². The number of carboxylic acids is 1. The molecule has 0 saturated heterocycles. The lowest BCUT2D eigenvalue weighted by Crippen LogP contribution is -1.98. The topological polar surface area (TPSA) is 46.5 Å². The summed E-state index contributed by atoms with van der Waals surface area (Å²) in [6.07, 6.45) is 0.520. The van der Waals surface area contributed by atoms with Gasteiger partial charge in [-0.1, -0.05) is 12.1 Å². The molecule has 0 bridgehead atoms. The van der Waals surface area contributed by atoms with E-state index in [-0.39, 0.29) is 11.8 Å². The maximum absolute atomic E-state index is 10.4. The normalized spacial score (nSPS) is 12.1. The van der Waals surface area contributed by atoms with E-state index in [0.717, 1.165) is 11.3 Å². The number of hydrogen-bond donors (Lipinski definition) is 1. The minimum absolute atomic E-state index is 0.0847. The zero-order chi connectivity index (χ0) is 12.0. The summed E-state index contributed by atoms with van der Waals surface area (Å²) in [7, 11) is 0. The van der Waals surface area contributed by atoms with E-state index in [0.29, 0.717) is 13.0 Å². The molecule has 16 heavy (non-hydrogen) atoms. The number of aliphatic carboxylic acids is 1. The molecule has 1 aromatic rings. The lowest BCUT2D eigenvalue weighted by atomic mass is 10.1. The molecule has 0 fully saturated rings. The highest BCUT2D eigenvalue weighted by molar-refractivity contribution is 6.20. The summed E-state index contributed by atoms with van der Waals surface area (Å²) in [5, 5.41) is 8.29. The van der Waals surface area contributed by atoms with Crippen molar-refractivity contribution >= 4 is 17.6 Å². The van der Waals surface area contributed by atoms with Gasteiger partial charge in [-0.2, -0.15) is 0 Å². The number of alkyl halides is 1. The monoisotopic (exact) mass is 242 g/mol. The van der Waals surface area contributed by atoms with Gasteiger partial charge in [-0.05, 0) is 31.0 Å². The molecule has 0 heterocycles. The molecule has 3 nitrogen and oxygen atoms in total. The molecule has 0 saturated carbocycles. The zero-order valence-corrected chi connectivity index (χ0v) is 9.91. The van der Waals surface area contributed by atoms with Crippen molar-refractivity contribution in [2.24, 2.45) is 0 Å². The second kappa shape index (κ2) is 6.38. The Kier molecular flexibility index (Phi) is 5.12. The molecule has 88 valence electrons. The van der Waals surface area contributed by atoms with Crippen LogP contribution in [0.15, 0.2) is 24.3 Å². The standard InChI is InChI=1S/C12H15ClO3/c1-2-16-10-5-3-9(4-6-10)11(13)7-8-12(14)15/h3-6,11H,2,7-8H2,1H3,(H,14,15). The van der Waals surface area contributed by atoms with Gasteiger partial charge in [0, 0.05) is 6.42 Å². The highest BCUT2D eigenvalue weighted by atomic mass is 35.5. The lowest BCUT2D eigenvalue weighted by molar-refractivity contribution is -0.137. The molecular formula is C12H15ClO3. The van der Waals surface area contributed by atoms with Gasteiger partial charge in [0.25, 0.3) is 0 Å². The van der Waals surface area contributed by atoms with Crippen LogP contribution in [0.4, 0.5) is 0 Å². The summed E-state index contributed by atoms with van der Waals surface area (Å²) in [5.41, 5.74) is 0.923. The molecule has 0 radical (unpaired) electrons. The maximum Gasteiger partial charge on any atom is 0.303 e. The number of carbonyl (C=O) groups is 1. The highest BCUT2D eigenvalue weighted by Crippen LogP contribution is 2.27. The van der Waals surface area contributed by atoms with E-state index in [1.54, 1.807) is 0 Å². The van der Waals surface area contributed by atoms with Gasteiger partial charge in [0.05, 0.1) is 12.0 Å². The van der Waals surface area contributed by atoms with Gasteiger partial charge in [-0.15, -0.1) is 11.6 Å². The first-order chi connectivity index (χ1) is 7.63. The molecular weight excluding hydrogens is 228 g/mol. The summed E-state index contributed by atoms with van der Waals surface area (Å²) in [6, 6.07) is 7.42. The van der Waals surface area contributed by atoms with E-state index >= 15 is 0 Å². The van der Waals surface area contributed by atoms with Crippen molar-refractivity contribution in [1.82, 2.24) is 0 Å². The third-order valence-corrected chi connectivity index (χ3v) is 2.63. The first-order valence-corrected chi connectivity index (χ1v) is 5.65. The Morgan fingerprint density at radius 2 is 2.06 bits per heavy atom. The van der Waals surface area contributed by atoms with E-state index in [1.807, 2.05) is 31.2 Å². The summed E-state index contributed by atoms with van der Waals surface area (Å²) in [4.78, 5) is 10.4. The predicted molar refractivity (Wildman–Crippen MR) is 63.1 cm³/mol. The van der Waals surface area contributed by atoms with Crippen LogP contribution in [0.25, 0.3) is 0 Å². The third-order valence-electron chi connectivity index (χ3n) is 2.16. The Morgan fingerprint density at radius 1 is 1.44 bits per heavy atom. The Labute approximate surface area is 100.0 Å². The molecule has 0 aliphatic carbocycles. The van der Waals surface area contributed by atoms with Crippen molar-refractivity contribution < 1.29 is 14.6 Å². The maximum atomic E-state index is 10.4. The fourth-order valence-corrected chi connectivity index (χ4v) is 1.61. The fraction of sp³-hybridized carbons (Fsp3) is 0.417. The van der Waals surface area contributed by atoms with Crippen LogP contribution in [0, 0.1) is 0 Å². The first kappa shape index (κ1) is 12.8. The SMILES string of the molecule is CCOc1ccc(C(Cl)CCC(=O)O)cc1. The van der Waals surface area contributed by atoms with Crippen LogP contribution in [-0.4, -0.2) is 17.7 Å². The number of benzene rings is 1. The number of carboxylic acid groups (broad SMARTS) is 1. The van der Waals surface area contributed by atoms with E-state index < -0.39 is 5.97 Å². The van der Waals surface area contributed by atoms with Gasteiger partial charge in [0.2, 0.25) is 0 Å². The second-order valence-electron chi connectivity index (χ2n) is 3.40. The van der Waals surface area contributed by atoms with Crippen molar-refractivity contribution in [3.63, 3.8) is 0 Å². The smallest absolute Gasteiger partial charge is 0.303 e. The number of hydrogen-bond acceptors (Lipinski definition) is 2. The second-order valence-corrected chi connectivity index (χ2v) is 3.93. The van der Waals surface area contributed by atoms with Crippen LogP contribution in [0.3, 0.4) is 0 Å². The molecule has 1 unspecified atom stereocenters. The Hall–Kier alpha value is -1.22. The van der Waals surface area contributed by atoms with Gasteiger partial charge in [0.1, 0.15) is 5.75 Å². The summed E-state index contributed by atoms with van der Waals surface area (Å²) in [5.74, 6) is -0.0232. The van der Waals surface area contributed by atoms with Gasteiger partial charge >= 0.3 is 5.97 Å². The van der Waals surface area contributed by atoms with Crippen LogP contribution in [0.1, 0.15) is 30.7 Å². The van der Waals surface area contributed by atoms with Crippen molar-refractivity contribution in [2.45, 2.75) is 25.1 Å². The summed E-state index contributed by atoms with van der Waals surface area (Å²) in [6.45, 7) is 2.55. The molecule has 0 spiro atoms.